The number of aliphatic hydroxyl groups excluding tert-OH is 1. The maximum absolute atomic E-state index is 9.10. The normalized spacial score (nSPS) is 10.3. The van der Waals surface area contributed by atoms with Crippen LogP contribution in [0.3, 0.4) is 0 Å². The smallest absolute Gasteiger partial charge is 0.0682 e. The van der Waals surface area contributed by atoms with Crippen LogP contribution in [-0.4, -0.2) is 5.11 Å². The Balaban J connectivity index is 2.59. The van der Waals surface area contributed by atoms with E-state index in [-0.39, 0.29) is 6.61 Å². The van der Waals surface area contributed by atoms with Gasteiger partial charge < -0.3 is 16.6 Å². The van der Waals surface area contributed by atoms with E-state index < -0.39 is 0 Å². The van der Waals surface area contributed by atoms with Crippen LogP contribution in [0.4, 0.5) is 11.4 Å². The van der Waals surface area contributed by atoms with Crippen molar-refractivity contribution >= 4 is 11.4 Å². The molecular weight excluding hydrogens is 200 g/mol. The van der Waals surface area contributed by atoms with Gasteiger partial charge in [-0.05, 0) is 23.8 Å². The second kappa shape index (κ2) is 4.24. The maximum Gasteiger partial charge on any atom is 0.0682 e. The maximum atomic E-state index is 9.10. The number of nitrogen functional groups attached to an aromatic ring is 2. The first-order valence-corrected chi connectivity index (χ1v) is 5.06. The Kier molecular flexibility index (Phi) is 2.79. The van der Waals surface area contributed by atoms with Gasteiger partial charge in [-0.3, -0.25) is 0 Å². The molecule has 0 unspecified atom stereocenters. The molecule has 0 aliphatic heterocycles. The van der Waals surface area contributed by atoms with Crippen molar-refractivity contribution in [3.63, 3.8) is 0 Å². The number of hydrogen-bond donors (Lipinski definition) is 3. The molecule has 0 radical (unpaired) electrons. The summed E-state index contributed by atoms with van der Waals surface area (Å²) >= 11 is 0. The third-order valence-electron chi connectivity index (χ3n) is 2.55. The predicted octanol–water partition coefficient (Wildman–Crippen LogP) is 2.01. The van der Waals surface area contributed by atoms with E-state index in [9.17, 15) is 0 Å². The number of para-hydroxylation sites is 1. The summed E-state index contributed by atoms with van der Waals surface area (Å²) in [6.45, 7) is 0.0000182. The Morgan fingerprint density at radius 2 is 1.56 bits per heavy atom. The van der Waals surface area contributed by atoms with Gasteiger partial charge in [0.05, 0.1) is 6.61 Å². The first-order chi connectivity index (χ1) is 7.72. The number of aliphatic hydroxyl groups is 1. The molecule has 0 amide bonds. The van der Waals surface area contributed by atoms with Crippen LogP contribution in [0, 0.1) is 0 Å². The van der Waals surface area contributed by atoms with E-state index in [4.69, 9.17) is 16.6 Å². The summed E-state index contributed by atoms with van der Waals surface area (Å²) in [6, 6.07) is 13.0. The lowest BCUT2D eigenvalue weighted by atomic mass is 10.00. The van der Waals surface area contributed by atoms with Crippen LogP contribution in [0.1, 0.15) is 5.56 Å². The van der Waals surface area contributed by atoms with Crippen molar-refractivity contribution in [2.75, 3.05) is 11.5 Å². The van der Waals surface area contributed by atoms with Crippen molar-refractivity contribution in [3.8, 4) is 11.1 Å². The first kappa shape index (κ1) is 10.5. The average molecular weight is 214 g/mol. The summed E-state index contributed by atoms with van der Waals surface area (Å²) in [4.78, 5) is 0. The van der Waals surface area contributed by atoms with E-state index >= 15 is 0 Å². The zero-order valence-corrected chi connectivity index (χ0v) is 8.85. The molecule has 82 valence electrons. The number of hydrogen-bond acceptors (Lipinski definition) is 3. The van der Waals surface area contributed by atoms with Crippen molar-refractivity contribution in [1.29, 1.82) is 0 Å². The monoisotopic (exact) mass is 214 g/mol. The van der Waals surface area contributed by atoms with Gasteiger partial charge in [-0.25, -0.2) is 0 Å². The minimum atomic E-state index is 0.0000182. The lowest BCUT2D eigenvalue weighted by Crippen LogP contribution is -1.95. The molecule has 2 aromatic rings. The number of nitrogens with two attached hydrogens (primary N) is 2. The molecule has 0 heterocycles. The summed E-state index contributed by atoms with van der Waals surface area (Å²) in [7, 11) is 0. The van der Waals surface area contributed by atoms with E-state index in [0.29, 0.717) is 11.4 Å². The van der Waals surface area contributed by atoms with Crippen molar-refractivity contribution in [2.24, 2.45) is 0 Å². The third kappa shape index (κ3) is 1.85. The van der Waals surface area contributed by atoms with Gasteiger partial charge in [-0.2, -0.15) is 0 Å². The van der Waals surface area contributed by atoms with E-state index in [1.807, 2.05) is 30.3 Å². The van der Waals surface area contributed by atoms with E-state index in [0.717, 1.165) is 16.7 Å². The van der Waals surface area contributed by atoms with Crippen LogP contribution in [0.25, 0.3) is 11.1 Å². The summed E-state index contributed by atoms with van der Waals surface area (Å²) in [5.41, 5.74) is 15.7. The average Bonchev–Trinajstić information content (AvgIpc) is 2.31. The zero-order valence-electron chi connectivity index (χ0n) is 8.85. The summed E-state index contributed by atoms with van der Waals surface area (Å²) < 4.78 is 0. The molecule has 5 N–H and O–H groups in total. The van der Waals surface area contributed by atoms with Crippen molar-refractivity contribution in [2.45, 2.75) is 6.61 Å². The number of benzene rings is 2. The van der Waals surface area contributed by atoms with Crippen LogP contribution in [0.5, 0.6) is 0 Å². The Morgan fingerprint density at radius 3 is 2.25 bits per heavy atom. The number of rotatable bonds is 2. The molecule has 0 saturated heterocycles. The predicted molar refractivity (Wildman–Crippen MR) is 66.6 cm³/mol. The Morgan fingerprint density at radius 1 is 0.875 bits per heavy atom. The highest BCUT2D eigenvalue weighted by Crippen LogP contribution is 2.31. The van der Waals surface area contributed by atoms with Crippen LogP contribution < -0.4 is 11.5 Å². The van der Waals surface area contributed by atoms with Gasteiger partial charge in [0.25, 0.3) is 0 Å². The van der Waals surface area contributed by atoms with E-state index in [1.165, 1.54) is 0 Å². The number of anilines is 2. The highest BCUT2D eigenvalue weighted by Gasteiger charge is 2.06. The molecule has 16 heavy (non-hydrogen) atoms. The van der Waals surface area contributed by atoms with Gasteiger partial charge >= 0.3 is 0 Å². The molecule has 2 aromatic carbocycles. The lowest BCUT2D eigenvalue weighted by molar-refractivity contribution is 0.282. The largest absolute Gasteiger partial charge is 0.398 e. The molecule has 0 atom stereocenters. The van der Waals surface area contributed by atoms with E-state index in [2.05, 4.69) is 0 Å². The molecule has 2 rings (SSSR count). The van der Waals surface area contributed by atoms with Gasteiger partial charge in [0.2, 0.25) is 0 Å². The first-order valence-electron chi connectivity index (χ1n) is 5.06. The second-order valence-electron chi connectivity index (χ2n) is 3.67. The minimum Gasteiger partial charge on any atom is -0.398 e. The quantitative estimate of drug-likeness (QED) is 0.669. The fourth-order valence-corrected chi connectivity index (χ4v) is 1.68. The Bertz CT molecular complexity index is 509. The fourth-order valence-electron chi connectivity index (χ4n) is 1.68. The van der Waals surface area contributed by atoms with Crippen LogP contribution in [0.2, 0.25) is 0 Å². The Hall–Kier alpha value is -2.00. The summed E-state index contributed by atoms with van der Waals surface area (Å²) in [5.74, 6) is 0. The second-order valence-corrected chi connectivity index (χ2v) is 3.67. The van der Waals surface area contributed by atoms with Gasteiger partial charge in [0, 0.05) is 22.5 Å². The highest BCUT2D eigenvalue weighted by molar-refractivity contribution is 5.84. The topological polar surface area (TPSA) is 72.3 Å². The molecule has 0 bridgehead atoms. The molecule has 0 saturated carbocycles. The molecule has 0 aliphatic carbocycles. The lowest BCUT2D eigenvalue weighted by Gasteiger charge is -2.10. The molecule has 0 spiro atoms. The van der Waals surface area contributed by atoms with Crippen LogP contribution in [0.15, 0.2) is 42.5 Å². The van der Waals surface area contributed by atoms with Crippen molar-refractivity contribution in [3.05, 3.63) is 48.0 Å². The summed E-state index contributed by atoms with van der Waals surface area (Å²) in [5, 5.41) is 9.10. The fraction of sp³-hybridized carbons (Fsp3) is 0.0769. The van der Waals surface area contributed by atoms with Crippen LogP contribution in [-0.2, 0) is 6.61 Å². The molecule has 3 nitrogen and oxygen atoms in total. The van der Waals surface area contributed by atoms with Crippen LogP contribution >= 0.6 is 0 Å². The van der Waals surface area contributed by atoms with Gasteiger partial charge in [0.15, 0.2) is 0 Å². The Labute approximate surface area is 94.3 Å². The SMILES string of the molecule is Nc1ccccc1-c1cc(CO)ccc1N. The molecule has 0 fully saturated rings. The van der Waals surface area contributed by atoms with Crippen molar-refractivity contribution < 1.29 is 5.11 Å². The molecule has 0 aliphatic rings. The molecule has 0 aromatic heterocycles. The zero-order chi connectivity index (χ0) is 11.5. The van der Waals surface area contributed by atoms with Crippen molar-refractivity contribution in [1.82, 2.24) is 0 Å². The van der Waals surface area contributed by atoms with Gasteiger partial charge in [-0.1, -0.05) is 24.3 Å². The minimum absolute atomic E-state index is 0.0000182. The molecule has 3 heteroatoms. The van der Waals surface area contributed by atoms with E-state index in [1.54, 1.807) is 12.1 Å². The standard InChI is InChI=1S/C13H14N2O/c14-12-4-2-1-3-10(12)11-7-9(8-16)5-6-13(11)15/h1-7,16H,8,14-15H2. The third-order valence-corrected chi connectivity index (χ3v) is 2.55. The summed E-state index contributed by atoms with van der Waals surface area (Å²) in [6.07, 6.45) is 0. The molecular formula is C13H14N2O. The van der Waals surface area contributed by atoms with Gasteiger partial charge in [0.1, 0.15) is 0 Å². The van der Waals surface area contributed by atoms with Gasteiger partial charge in [-0.15, -0.1) is 0 Å². The highest BCUT2D eigenvalue weighted by atomic mass is 16.3.